The molecule has 0 aliphatic rings. The lowest BCUT2D eigenvalue weighted by atomic mass is 10.3. The summed E-state index contributed by atoms with van der Waals surface area (Å²) in [7, 11) is 0.434. The number of nitrogens with zero attached hydrogens (tertiary/aromatic N) is 1. The third-order valence-electron chi connectivity index (χ3n) is 2.52. The number of halogens is 1. The van der Waals surface area contributed by atoms with Gasteiger partial charge in [-0.1, -0.05) is 0 Å². The molecule has 0 aliphatic heterocycles. The fourth-order valence-electron chi connectivity index (χ4n) is 1.52. The summed E-state index contributed by atoms with van der Waals surface area (Å²) in [5.74, 6) is 0.430. The topological polar surface area (TPSA) is 88.6 Å². The Bertz CT molecular complexity index is 499. The molecule has 6 nitrogen and oxygen atoms in total. The first-order chi connectivity index (χ1) is 8.86. The highest BCUT2D eigenvalue weighted by Gasteiger charge is 2.21. The Balaban J connectivity index is 2.53. The molecule has 0 bridgehead atoms. The van der Waals surface area contributed by atoms with Gasteiger partial charge in [-0.05, 0) is 49.4 Å². The van der Waals surface area contributed by atoms with Crippen molar-refractivity contribution in [3.05, 3.63) is 16.5 Å². The van der Waals surface area contributed by atoms with E-state index in [1.165, 1.54) is 6.07 Å². The Kier molecular flexibility index (Phi) is 6.48. The molecule has 0 saturated heterocycles. The summed E-state index contributed by atoms with van der Waals surface area (Å²) in [6.07, 6.45) is 1.73. The van der Waals surface area contributed by atoms with Crippen molar-refractivity contribution in [3.8, 4) is 0 Å². The molecular weight excluding hydrogens is 334 g/mol. The first kappa shape index (κ1) is 16.6. The Morgan fingerprint density at radius 2 is 2.11 bits per heavy atom. The minimum atomic E-state index is -3.54. The summed E-state index contributed by atoms with van der Waals surface area (Å²) in [4.78, 5) is 2.16. The SMILES string of the molecule is CN(C)CCCCNS(=O)(=O)c1cc(CN)oc1Br. The summed E-state index contributed by atoms with van der Waals surface area (Å²) < 4.78 is 32.0. The summed E-state index contributed by atoms with van der Waals surface area (Å²) in [5, 5.41) is 0. The van der Waals surface area contributed by atoms with Gasteiger partial charge in [0, 0.05) is 12.6 Å². The minimum Gasteiger partial charge on any atom is -0.452 e. The first-order valence-corrected chi connectivity index (χ1v) is 8.27. The highest BCUT2D eigenvalue weighted by Crippen LogP contribution is 2.25. The molecule has 0 saturated carbocycles. The number of hydrogen-bond acceptors (Lipinski definition) is 5. The van der Waals surface area contributed by atoms with Gasteiger partial charge in [0.25, 0.3) is 0 Å². The molecule has 0 radical (unpaired) electrons. The maximum Gasteiger partial charge on any atom is 0.244 e. The molecule has 110 valence electrons. The van der Waals surface area contributed by atoms with E-state index >= 15 is 0 Å². The second kappa shape index (κ2) is 7.39. The zero-order chi connectivity index (χ0) is 14.5. The van der Waals surface area contributed by atoms with E-state index in [4.69, 9.17) is 10.2 Å². The van der Waals surface area contributed by atoms with E-state index in [2.05, 4.69) is 25.6 Å². The van der Waals surface area contributed by atoms with Crippen molar-refractivity contribution in [2.75, 3.05) is 27.2 Å². The van der Waals surface area contributed by atoms with Crippen molar-refractivity contribution in [1.82, 2.24) is 9.62 Å². The highest BCUT2D eigenvalue weighted by atomic mass is 79.9. The predicted molar refractivity (Wildman–Crippen MR) is 77.3 cm³/mol. The minimum absolute atomic E-state index is 0.0977. The zero-order valence-corrected chi connectivity index (χ0v) is 13.6. The van der Waals surface area contributed by atoms with Gasteiger partial charge in [-0.25, -0.2) is 13.1 Å². The van der Waals surface area contributed by atoms with Crippen molar-refractivity contribution in [3.63, 3.8) is 0 Å². The first-order valence-electron chi connectivity index (χ1n) is 5.99. The van der Waals surface area contributed by atoms with Gasteiger partial charge in [-0.2, -0.15) is 0 Å². The number of nitrogens with one attached hydrogen (secondary N) is 1. The number of furan rings is 1. The monoisotopic (exact) mass is 353 g/mol. The Morgan fingerprint density at radius 3 is 2.63 bits per heavy atom. The van der Waals surface area contributed by atoms with E-state index < -0.39 is 10.0 Å². The molecule has 19 heavy (non-hydrogen) atoms. The van der Waals surface area contributed by atoms with E-state index in [9.17, 15) is 8.42 Å². The van der Waals surface area contributed by atoms with Gasteiger partial charge in [-0.15, -0.1) is 0 Å². The quantitative estimate of drug-likeness (QED) is 0.683. The van der Waals surface area contributed by atoms with Crippen LogP contribution in [-0.4, -0.2) is 40.5 Å². The van der Waals surface area contributed by atoms with Gasteiger partial charge >= 0.3 is 0 Å². The Labute approximate surface area is 122 Å². The van der Waals surface area contributed by atoms with Crippen molar-refractivity contribution in [2.24, 2.45) is 5.73 Å². The summed E-state index contributed by atoms with van der Waals surface area (Å²) in [6.45, 7) is 1.51. The fourth-order valence-corrected chi connectivity index (χ4v) is 3.59. The van der Waals surface area contributed by atoms with Crippen LogP contribution in [0.25, 0.3) is 0 Å². The molecular formula is C11H20BrN3O3S. The molecule has 1 aromatic heterocycles. The lowest BCUT2D eigenvalue weighted by molar-refractivity contribution is 0.394. The van der Waals surface area contributed by atoms with Crippen LogP contribution in [0.5, 0.6) is 0 Å². The van der Waals surface area contributed by atoms with E-state index in [1.807, 2.05) is 14.1 Å². The number of nitrogens with two attached hydrogens (primary N) is 1. The standard InChI is InChI=1S/C11H20BrN3O3S/c1-15(2)6-4-3-5-14-19(16,17)10-7-9(8-13)18-11(10)12/h7,14H,3-6,8,13H2,1-2H3. The van der Waals surface area contributed by atoms with Crippen LogP contribution in [-0.2, 0) is 16.6 Å². The number of unbranched alkanes of at least 4 members (excludes halogenated alkanes) is 1. The zero-order valence-electron chi connectivity index (χ0n) is 11.1. The van der Waals surface area contributed by atoms with Crippen LogP contribution in [0.2, 0.25) is 0 Å². The number of hydrogen-bond donors (Lipinski definition) is 2. The van der Waals surface area contributed by atoms with Gasteiger partial charge in [0.15, 0.2) is 4.67 Å². The van der Waals surface area contributed by atoms with E-state index in [0.29, 0.717) is 12.3 Å². The predicted octanol–water partition coefficient (Wildman–Crippen LogP) is 1.12. The molecule has 3 N–H and O–H groups in total. The Hall–Kier alpha value is -0.410. The molecule has 0 aliphatic carbocycles. The van der Waals surface area contributed by atoms with Crippen molar-refractivity contribution >= 4 is 26.0 Å². The molecule has 1 aromatic rings. The van der Waals surface area contributed by atoms with Gasteiger partial charge in [-0.3, -0.25) is 0 Å². The van der Waals surface area contributed by atoms with Crippen LogP contribution in [0.1, 0.15) is 18.6 Å². The number of sulfonamides is 1. The average molecular weight is 354 g/mol. The van der Waals surface area contributed by atoms with Crippen LogP contribution in [0.4, 0.5) is 0 Å². The largest absolute Gasteiger partial charge is 0.452 e. The molecule has 1 rings (SSSR count). The molecule has 8 heteroatoms. The summed E-state index contributed by atoms with van der Waals surface area (Å²) in [5.41, 5.74) is 5.41. The van der Waals surface area contributed by atoms with Gasteiger partial charge < -0.3 is 15.1 Å². The van der Waals surface area contributed by atoms with E-state index in [0.717, 1.165) is 19.4 Å². The van der Waals surface area contributed by atoms with Crippen LogP contribution >= 0.6 is 15.9 Å². The Morgan fingerprint density at radius 1 is 1.42 bits per heavy atom. The molecule has 0 fully saturated rings. The van der Waals surface area contributed by atoms with Crippen LogP contribution in [0, 0.1) is 0 Å². The van der Waals surface area contributed by atoms with Gasteiger partial charge in [0.05, 0.1) is 6.54 Å². The lowest BCUT2D eigenvalue weighted by Crippen LogP contribution is -2.25. The van der Waals surface area contributed by atoms with Gasteiger partial charge in [0.1, 0.15) is 10.7 Å². The maximum absolute atomic E-state index is 12.0. The van der Waals surface area contributed by atoms with Crippen LogP contribution in [0.15, 0.2) is 20.0 Å². The van der Waals surface area contributed by atoms with E-state index in [-0.39, 0.29) is 16.1 Å². The smallest absolute Gasteiger partial charge is 0.244 e. The van der Waals surface area contributed by atoms with Crippen LogP contribution in [0.3, 0.4) is 0 Å². The molecule has 0 unspecified atom stereocenters. The maximum atomic E-state index is 12.0. The van der Waals surface area contributed by atoms with Crippen molar-refractivity contribution < 1.29 is 12.8 Å². The molecule has 0 aromatic carbocycles. The number of rotatable bonds is 8. The van der Waals surface area contributed by atoms with Crippen molar-refractivity contribution in [2.45, 2.75) is 24.3 Å². The van der Waals surface area contributed by atoms with Gasteiger partial charge in [0.2, 0.25) is 10.0 Å². The highest BCUT2D eigenvalue weighted by molar-refractivity contribution is 9.10. The van der Waals surface area contributed by atoms with Crippen molar-refractivity contribution in [1.29, 1.82) is 0 Å². The molecule has 1 heterocycles. The second-order valence-corrected chi connectivity index (χ2v) is 6.92. The second-order valence-electron chi connectivity index (χ2n) is 4.46. The van der Waals surface area contributed by atoms with Crippen LogP contribution < -0.4 is 10.5 Å². The molecule has 0 atom stereocenters. The fraction of sp³-hybridized carbons (Fsp3) is 0.636. The lowest BCUT2D eigenvalue weighted by Gasteiger charge is -2.09. The van der Waals surface area contributed by atoms with E-state index in [1.54, 1.807) is 0 Å². The normalized spacial score (nSPS) is 12.3. The third kappa shape index (κ3) is 5.23. The summed E-state index contributed by atoms with van der Waals surface area (Å²) in [6, 6.07) is 1.44. The molecule has 0 spiro atoms. The average Bonchev–Trinajstić information content (AvgIpc) is 2.70. The summed E-state index contributed by atoms with van der Waals surface area (Å²) >= 11 is 3.09. The third-order valence-corrected chi connectivity index (χ3v) is 4.84. The molecule has 0 amide bonds.